The number of rotatable bonds is 12. The van der Waals surface area contributed by atoms with Crippen LogP contribution in [0.25, 0.3) is 0 Å². The van der Waals surface area contributed by atoms with Crippen LogP contribution in [0.1, 0.15) is 37.8 Å². The molecule has 2 N–H and O–H groups in total. The number of nitrogens with one attached hydrogen (secondary N) is 2. The van der Waals surface area contributed by atoms with Gasteiger partial charge in [-0.05, 0) is 112 Å². The van der Waals surface area contributed by atoms with Gasteiger partial charge in [0.1, 0.15) is 12.8 Å². The second kappa shape index (κ2) is 17.4. The molecule has 6 rings (SSSR count). The zero-order chi connectivity index (χ0) is 42.4. The minimum atomic E-state index is -4.01. The Morgan fingerprint density at radius 1 is 0.593 bits per heavy atom. The lowest BCUT2D eigenvalue weighted by atomic mass is 10.2. The average molecular weight is 817 g/mol. The molecule has 0 aliphatic carbocycles. The summed E-state index contributed by atoms with van der Waals surface area (Å²) >= 11 is 0. The number of hydrogen-bond donors (Lipinski definition) is 2. The first kappa shape index (κ1) is 41.2. The fraction of sp³-hybridized carbons (Fsp3) is 0.200. The number of imide groups is 2. The van der Waals surface area contributed by atoms with Crippen molar-refractivity contribution in [3.05, 3.63) is 108 Å². The Morgan fingerprint density at radius 2 is 0.966 bits per heavy atom. The van der Waals surface area contributed by atoms with Crippen LogP contribution in [0.3, 0.4) is 0 Å². The van der Waals surface area contributed by atoms with Gasteiger partial charge in [0.05, 0.1) is 32.6 Å². The number of sulfone groups is 1. The summed E-state index contributed by atoms with van der Waals surface area (Å²) in [5, 5.41) is 30.5. The van der Waals surface area contributed by atoms with Crippen molar-refractivity contribution in [3.63, 3.8) is 0 Å². The van der Waals surface area contributed by atoms with E-state index in [0.29, 0.717) is 21.4 Å². The third-order valence-corrected chi connectivity index (χ3v) is 10.5. The Labute approximate surface area is 337 Å². The summed E-state index contributed by atoms with van der Waals surface area (Å²) in [7, 11) is -4.01. The smallest absolute Gasteiger partial charge is 0.282 e. The number of azo groups is 2. The average Bonchev–Trinajstić information content (AvgIpc) is 3.64. The van der Waals surface area contributed by atoms with E-state index in [4.69, 9.17) is 0 Å². The van der Waals surface area contributed by atoms with Gasteiger partial charge in [-0.1, -0.05) is 24.3 Å². The number of hydrogen-bond acceptors (Lipinski definition) is 14. The highest BCUT2D eigenvalue weighted by Gasteiger charge is 2.39. The van der Waals surface area contributed by atoms with Crippen molar-refractivity contribution in [1.82, 2.24) is 10.0 Å². The van der Waals surface area contributed by atoms with Gasteiger partial charge in [-0.25, -0.2) is 8.42 Å². The molecule has 18 nitrogen and oxygen atoms in total. The Hall–Kier alpha value is -7.41. The Bertz CT molecular complexity index is 2430. The van der Waals surface area contributed by atoms with E-state index >= 15 is 0 Å². The number of hydrazone groups is 2. The van der Waals surface area contributed by atoms with Gasteiger partial charge < -0.3 is 10.6 Å². The molecule has 0 spiro atoms. The van der Waals surface area contributed by atoms with Crippen LogP contribution in [0.15, 0.2) is 138 Å². The van der Waals surface area contributed by atoms with E-state index in [-0.39, 0.29) is 32.6 Å². The molecule has 4 aromatic carbocycles. The van der Waals surface area contributed by atoms with Gasteiger partial charge in [-0.15, -0.1) is 0 Å². The lowest BCUT2D eigenvalue weighted by molar-refractivity contribution is -0.146. The maximum atomic E-state index is 13.4. The normalized spacial score (nSPS) is 16.7. The molecular formula is C40H36N10O8S. The van der Waals surface area contributed by atoms with E-state index in [1.54, 1.807) is 36.4 Å². The van der Waals surface area contributed by atoms with Crippen molar-refractivity contribution in [2.24, 2.45) is 30.7 Å². The van der Waals surface area contributed by atoms with E-state index < -0.39 is 70.2 Å². The summed E-state index contributed by atoms with van der Waals surface area (Å²) in [5.41, 5.74) is 3.63. The number of carbonyl (C=O) groups excluding carboxylic acids is 6. The topological polar surface area (TPSA) is 241 Å². The molecule has 0 fully saturated rings. The van der Waals surface area contributed by atoms with Gasteiger partial charge >= 0.3 is 0 Å². The van der Waals surface area contributed by atoms with Crippen molar-refractivity contribution in [2.75, 3.05) is 10.6 Å². The zero-order valence-corrected chi connectivity index (χ0v) is 32.9. The number of aryl methyl sites for hydroxylation is 2. The highest BCUT2D eigenvalue weighted by molar-refractivity contribution is 7.91. The highest BCUT2D eigenvalue weighted by atomic mass is 32.2. The predicted octanol–water partition coefficient (Wildman–Crippen LogP) is 5.59. The van der Waals surface area contributed by atoms with Crippen molar-refractivity contribution in [3.8, 4) is 0 Å². The monoisotopic (exact) mass is 816 g/mol. The van der Waals surface area contributed by atoms with Gasteiger partial charge in [-0.3, -0.25) is 28.8 Å². The van der Waals surface area contributed by atoms with Crippen molar-refractivity contribution in [1.29, 1.82) is 0 Å². The van der Waals surface area contributed by atoms with Crippen molar-refractivity contribution in [2.45, 2.75) is 62.4 Å². The van der Waals surface area contributed by atoms with Crippen LogP contribution in [0.2, 0.25) is 0 Å². The first-order valence-corrected chi connectivity index (χ1v) is 19.4. The van der Waals surface area contributed by atoms with Gasteiger partial charge in [0.2, 0.25) is 21.7 Å². The minimum absolute atomic E-state index is 0.0677. The molecule has 2 atom stereocenters. The summed E-state index contributed by atoms with van der Waals surface area (Å²) in [4.78, 5) is 76.1. The summed E-state index contributed by atoms with van der Waals surface area (Å²) < 4.78 is 26.8. The van der Waals surface area contributed by atoms with Gasteiger partial charge in [0.15, 0.2) is 12.1 Å². The molecule has 0 saturated carbocycles. The first-order valence-electron chi connectivity index (χ1n) is 17.9. The lowest BCUT2D eigenvalue weighted by Crippen LogP contribution is -2.36. The SMILES string of the molecule is CC1=NN(C(=O)CC(=O)Nc2cccc(C)c2)C(=O)C1N=Nc1ccc(S(=O)(=O)c2ccc(N=NC3C(=O)N(C(=O)CC(=O)Nc4cccc(C)c4)N=C3C)cc2)cc1. The Kier molecular flexibility index (Phi) is 12.2. The predicted molar refractivity (Wildman–Crippen MR) is 214 cm³/mol. The molecule has 0 radical (unpaired) electrons. The van der Waals surface area contributed by atoms with Gasteiger partial charge in [-0.2, -0.15) is 40.7 Å². The van der Waals surface area contributed by atoms with Crippen LogP contribution in [0, 0.1) is 13.8 Å². The number of carbonyl (C=O) groups is 6. The number of benzene rings is 4. The molecule has 2 aliphatic heterocycles. The maximum absolute atomic E-state index is 13.4. The third-order valence-electron chi connectivity index (χ3n) is 8.76. The molecule has 0 aromatic heterocycles. The van der Waals surface area contributed by atoms with Crippen molar-refractivity contribution >= 4 is 79.5 Å². The first-order chi connectivity index (χ1) is 28.1. The second-order valence-electron chi connectivity index (χ2n) is 13.5. The molecule has 300 valence electrons. The molecule has 0 bridgehead atoms. The summed E-state index contributed by atoms with van der Waals surface area (Å²) in [6.45, 7) is 6.68. The molecule has 2 aliphatic rings. The molecule has 6 amide bonds. The van der Waals surface area contributed by atoms with Crippen LogP contribution < -0.4 is 10.6 Å². The second-order valence-corrected chi connectivity index (χ2v) is 15.4. The Morgan fingerprint density at radius 3 is 1.32 bits per heavy atom. The minimum Gasteiger partial charge on any atom is -0.326 e. The molecule has 19 heteroatoms. The van der Waals surface area contributed by atoms with Crippen LogP contribution in [-0.4, -0.2) is 77.4 Å². The molecule has 2 heterocycles. The zero-order valence-electron chi connectivity index (χ0n) is 32.1. The molecular weight excluding hydrogens is 781 g/mol. The van der Waals surface area contributed by atoms with E-state index in [2.05, 4.69) is 41.3 Å². The molecule has 0 saturated heterocycles. The van der Waals surface area contributed by atoms with E-state index in [1.807, 2.05) is 26.0 Å². The van der Waals surface area contributed by atoms with Crippen LogP contribution >= 0.6 is 0 Å². The van der Waals surface area contributed by atoms with Crippen molar-refractivity contribution < 1.29 is 37.2 Å². The number of amides is 6. The molecule has 4 aromatic rings. The van der Waals surface area contributed by atoms with Gasteiger partial charge in [0, 0.05) is 11.4 Å². The summed E-state index contributed by atoms with van der Waals surface area (Å²) in [6, 6.07) is 22.4. The molecule has 2 unspecified atom stereocenters. The van der Waals surface area contributed by atoms with E-state index in [9.17, 15) is 37.2 Å². The fourth-order valence-electron chi connectivity index (χ4n) is 5.78. The van der Waals surface area contributed by atoms with Crippen LogP contribution in [0.5, 0.6) is 0 Å². The third kappa shape index (κ3) is 9.77. The van der Waals surface area contributed by atoms with E-state index in [0.717, 1.165) is 11.1 Å². The molecule has 59 heavy (non-hydrogen) atoms. The standard InChI is InChI=1S/C40H36N10O8S/c1-23-7-5-9-29(19-23)41-33(51)21-35(53)49-39(55)37(25(3)47-49)45-43-27-11-15-31(16-12-27)59(57,58)32-17-13-28(14-18-32)44-46-38-26(4)48-50(40(38)56)36(54)22-34(52)42-30-10-6-8-24(2)20-30/h5-20,37-38H,21-22H2,1-4H3,(H,41,51)(H,42,52). The highest BCUT2D eigenvalue weighted by Crippen LogP contribution is 2.27. The van der Waals surface area contributed by atoms with Crippen LogP contribution in [0.4, 0.5) is 22.7 Å². The summed E-state index contributed by atoms with van der Waals surface area (Å²) in [6.07, 6.45) is -1.25. The quantitative estimate of drug-likeness (QED) is 0.135. The van der Waals surface area contributed by atoms with Gasteiger partial charge in [0.25, 0.3) is 23.6 Å². The maximum Gasteiger partial charge on any atom is 0.282 e. The number of anilines is 2. The lowest BCUT2D eigenvalue weighted by Gasteiger charge is -2.11. The number of nitrogens with zero attached hydrogens (tertiary/aromatic N) is 8. The van der Waals surface area contributed by atoms with E-state index in [1.165, 1.54) is 62.4 Å². The Balaban J connectivity index is 1.02. The van der Waals surface area contributed by atoms with Crippen LogP contribution in [-0.2, 0) is 38.6 Å². The fourth-order valence-corrected chi connectivity index (χ4v) is 7.05. The summed E-state index contributed by atoms with van der Waals surface area (Å²) in [5.74, 6) is -4.48. The largest absolute Gasteiger partial charge is 0.326 e.